The van der Waals surface area contributed by atoms with Crippen molar-refractivity contribution in [2.24, 2.45) is 0 Å². The Morgan fingerprint density at radius 1 is 1.13 bits per heavy atom. The van der Waals surface area contributed by atoms with Crippen molar-refractivity contribution in [3.63, 3.8) is 0 Å². The number of quaternary nitrogens is 1. The first-order chi connectivity index (χ1) is 10.8. The van der Waals surface area contributed by atoms with Crippen LogP contribution in [-0.4, -0.2) is 42.9 Å². The van der Waals surface area contributed by atoms with Gasteiger partial charge in [0, 0.05) is 11.3 Å². The second-order valence-corrected chi connectivity index (χ2v) is 6.91. The molecule has 3 N–H and O–H groups in total. The molecule has 0 bridgehead atoms. The fourth-order valence-electron chi connectivity index (χ4n) is 2.04. The summed E-state index contributed by atoms with van der Waals surface area (Å²) in [5, 5.41) is 5.63. The van der Waals surface area contributed by atoms with Crippen molar-refractivity contribution in [1.29, 1.82) is 0 Å². The van der Waals surface area contributed by atoms with Crippen LogP contribution in [0.25, 0.3) is 0 Å². The second kappa shape index (κ2) is 8.89. The van der Waals surface area contributed by atoms with E-state index in [1.807, 2.05) is 0 Å². The van der Waals surface area contributed by atoms with E-state index in [1.54, 1.807) is 38.1 Å². The molecule has 0 atom stereocenters. The van der Waals surface area contributed by atoms with Gasteiger partial charge in [-0.05, 0) is 52.0 Å². The first kappa shape index (κ1) is 19.5. The summed E-state index contributed by atoms with van der Waals surface area (Å²) >= 11 is 5.94. The first-order valence-corrected chi connectivity index (χ1v) is 8.37. The number of alkyl halides is 1. The van der Waals surface area contributed by atoms with E-state index >= 15 is 0 Å². The van der Waals surface area contributed by atoms with E-state index in [-0.39, 0.29) is 11.8 Å². The Balaban J connectivity index is 2.52. The molecule has 0 saturated heterocycles. The summed E-state index contributed by atoms with van der Waals surface area (Å²) in [6, 6.07) is 6.78. The number of anilines is 1. The van der Waals surface area contributed by atoms with Crippen molar-refractivity contribution in [2.75, 3.05) is 31.5 Å². The third-order valence-electron chi connectivity index (χ3n) is 3.71. The highest BCUT2D eigenvalue weighted by Gasteiger charge is 2.24. The Bertz CT molecular complexity index is 520. The number of likely N-dealkylation sites (N-methyl/N-ethyl adjacent to an activating group) is 1. The van der Waals surface area contributed by atoms with Crippen LogP contribution in [-0.2, 0) is 4.79 Å². The maximum atomic E-state index is 12.1. The van der Waals surface area contributed by atoms with Crippen LogP contribution >= 0.6 is 11.6 Å². The molecule has 0 heterocycles. The van der Waals surface area contributed by atoms with Crippen LogP contribution in [0.5, 0.6) is 0 Å². The number of halogens is 1. The van der Waals surface area contributed by atoms with Gasteiger partial charge < -0.3 is 15.5 Å². The highest BCUT2D eigenvalue weighted by atomic mass is 35.5. The summed E-state index contributed by atoms with van der Waals surface area (Å²) in [4.78, 5) is 24.3. The predicted octanol–water partition coefficient (Wildman–Crippen LogP) is 1.30. The molecule has 1 aromatic carbocycles. The fraction of sp³-hybridized carbons (Fsp3) is 0.529. The van der Waals surface area contributed by atoms with Crippen LogP contribution in [0.4, 0.5) is 5.69 Å². The Hall–Kier alpha value is -1.59. The topological polar surface area (TPSA) is 62.6 Å². The van der Waals surface area contributed by atoms with Crippen LogP contribution in [0.3, 0.4) is 0 Å². The fourth-order valence-corrected chi connectivity index (χ4v) is 2.09. The minimum absolute atomic E-state index is 0.105. The van der Waals surface area contributed by atoms with Crippen LogP contribution in [0.2, 0.25) is 0 Å². The van der Waals surface area contributed by atoms with Gasteiger partial charge >= 0.3 is 0 Å². The third kappa shape index (κ3) is 6.59. The van der Waals surface area contributed by atoms with Crippen molar-refractivity contribution in [3.05, 3.63) is 29.8 Å². The SMILES string of the molecule is CC[NH+](CC)CCNC(=O)c1ccc(NC(=O)C(C)(C)Cl)cc1. The quantitative estimate of drug-likeness (QED) is 0.625. The van der Waals surface area contributed by atoms with Gasteiger partial charge in [-0.1, -0.05) is 0 Å². The molecule has 0 saturated carbocycles. The monoisotopic (exact) mass is 340 g/mol. The summed E-state index contributed by atoms with van der Waals surface area (Å²) in [6.07, 6.45) is 0. The van der Waals surface area contributed by atoms with Crippen LogP contribution in [0.1, 0.15) is 38.1 Å². The number of carbonyl (C=O) groups excluding carboxylic acids is 2. The Morgan fingerprint density at radius 2 is 1.70 bits per heavy atom. The zero-order chi connectivity index (χ0) is 17.5. The van der Waals surface area contributed by atoms with Crippen molar-refractivity contribution in [3.8, 4) is 0 Å². The van der Waals surface area contributed by atoms with E-state index < -0.39 is 4.87 Å². The largest absolute Gasteiger partial charge is 0.346 e. The normalized spacial score (nSPS) is 11.4. The Labute approximate surface area is 143 Å². The number of amides is 2. The lowest BCUT2D eigenvalue weighted by Crippen LogP contribution is -3.12. The minimum Gasteiger partial charge on any atom is -0.346 e. The molecule has 0 unspecified atom stereocenters. The van der Waals surface area contributed by atoms with Crippen molar-refractivity contribution in [2.45, 2.75) is 32.6 Å². The highest BCUT2D eigenvalue weighted by molar-refractivity contribution is 6.36. The zero-order valence-electron chi connectivity index (χ0n) is 14.3. The molecule has 0 aliphatic carbocycles. The molecule has 128 valence electrons. The lowest BCUT2D eigenvalue weighted by atomic mass is 10.1. The van der Waals surface area contributed by atoms with E-state index in [4.69, 9.17) is 11.6 Å². The van der Waals surface area contributed by atoms with E-state index in [0.29, 0.717) is 17.8 Å². The number of nitrogens with one attached hydrogen (secondary N) is 3. The summed E-state index contributed by atoms with van der Waals surface area (Å²) in [5.74, 6) is -0.384. The molecule has 2 amide bonds. The molecule has 0 aliphatic heterocycles. The molecule has 6 heteroatoms. The molecule has 0 aromatic heterocycles. The van der Waals surface area contributed by atoms with Gasteiger partial charge in [0.15, 0.2) is 0 Å². The lowest BCUT2D eigenvalue weighted by Gasteiger charge is -2.16. The van der Waals surface area contributed by atoms with E-state index in [9.17, 15) is 9.59 Å². The van der Waals surface area contributed by atoms with Crippen LogP contribution in [0, 0.1) is 0 Å². The molecule has 5 nitrogen and oxygen atoms in total. The standard InChI is InChI=1S/C17H26ClN3O2/c1-5-21(6-2)12-11-19-15(22)13-7-9-14(10-8-13)20-16(23)17(3,4)18/h7-10H,5-6,11-12H2,1-4H3,(H,19,22)(H,20,23)/p+1. The molecular formula is C17H27ClN3O2+. The second-order valence-electron chi connectivity index (χ2n) is 5.97. The zero-order valence-corrected chi connectivity index (χ0v) is 15.1. The first-order valence-electron chi connectivity index (χ1n) is 8.00. The van der Waals surface area contributed by atoms with E-state index in [1.165, 1.54) is 4.90 Å². The van der Waals surface area contributed by atoms with Gasteiger partial charge in [-0.3, -0.25) is 9.59 Å². The van der Waals surface area contributed by atoms with Gasteiger partial charge in [0.25, 0.3) is 5.91 Å². The molecule has 0 spiro atoms. The number of hydrogen-bond donors (Lipinski definition) is 3. The maximum Gasteiger partial charge on any atom is 0.251 e. The predicted molar refractivity (Wildman–Crippen MR) is 94.2 cm³/mol. The lowest BCUT2D eigenvalue weighted by molar-refractivity contribution is -0.895. The van der Waals surface area contributed by atoms with Crippen molar-refractivity contribution in [1.82, 2.24) is 5.32 Å². The molecule has 1 aromatic rings. The van der Waals surface area contributed by atoms with E-state index in [2.05, 4.69) is 24.5 Å². The van der Waals surface area contributed by atoms with Gasteiger partial charge in [0.1, 0.15) is 4.87 Å². The average molecular weight is 341 g/mol. The minimum atomic E-state index is -0.969. The molecule has 0 fully saturated rings. The van der Waals surface area contributed by atoms with Gasteiger partial charge in [0.05, 0.1) is 26.2 Å². The maximum absolute atomic E-state index is 12.1. The van der Waals surface area contributed by atoms with Gasteiger partial charge in [-0.25, -0.2) is 0 Å². The Kier molecular flexibility index (Phi) is 7.52. The number of carbonyl (C=O) groups is 2. The van der Waals surface area contributed by atoms with E-state index in [0.717, 1.165) is 19.6 Å². The van der Waals surface area contributed by atoms with Gasteiger partial charge in [-0.2, -0.15) is 0 Å². The molecular weight excluding hydrogens is 314 g/mol. The van der Waals surface area contributed by atoms with Gasteiger partial charge in [0.2, 0.25) is 5.91 Å². The summed E-state index contributed by atoms with van der Waals surface area (Å²) in [5.41, 5.74) is 1.19. The highest BCUT2D eigenvalue weighted by Crippen LogP contribution is 2.17. The average Bonchev–Trinajstić information content (AvgIpc) is 2.51. The Morgan fingerprint density at radius 3 is 2.17 bits per heavy atom. The third-order valence-corrected chi connectivity index (χ3v) is 3.88. The van der Waals surface area contributed by atoms with Crippen LogP contribution < -0.4 is 15.5 Å². The number of hydrogen-bond acceptors (Lipinski definition) is 2. The molecule has 1 rings (SSSR count). The number of benzene rings is 1. The van der Waals surface area contributed by atoms with Gasteiger partial charge in [-0.15, -0.1) is 11.6 Å². The summed E-state index contributed by atoms with van der Waals surface area (Å²) in [7, 11) is 0. The smallest absolute Gasteiger partial charge is 0.251 e. The summed E-state index contributed by atoms with van der Waals surface area (Å²) in [6.45, 7) is 11.2. The number of rotatable bonds is 8. The van der Waals surface area contributed by atoms with Crippen LogP contribution in [0.15, 0.2) is 24.3 Å². The van der Waals surface area contributed by atoms with Crippen molar-refractivity contribution < 1.29 is 14.5 Å². The van der Waals surface area contributed by atoms with Crippen molar-refractivity contribution >= 4 is 29.1 Å². The molecule has 0 radical (unpaired) electrons. The molecule has 0 aliphatic rings. The summed E-state index contributed by atoms with van der Waals surface area (Å²) < 4.78 is 0. The molecule has 23 heavy (non-hydrogen) atoms.